The Hall–Kier alpha value is -2.09. The van der Waals surface area contributed by atoms with Crippen LogP contribution in [0, 0.1) is 5.92 Å². The average Bonchev–Trinajstić information content (AvgIpc) is 2.75. The summed E-state index contributed by atoms with van der Waals surface area (Å²) in [5.74, 6) is 2.07. The lowest BCUT2D eigenvalue weighted by Gasteiger charge is -2.30. The van der Waals surface area contributed by atoms with Crippen LogP contribution in [0.4, 0.5) is 0 Å². The fourth-order valence-electron chi connectivity index (χ4n) is 4.93. The molecule has 3 rings (SSSR count). The van der Waals surface area contributed by atoms with Gasteiger partial charge in [-0.1, -0.05) is 95.8 Å². The van der Waals surface area contributed by atoms with E-state index in [-0.39, 0.29) is 11.3 Å². The predicted molar refractivity (Wildman–Crippen MR) is 130 cm³/mol. The number of unbranched alkanes of at least 4 members (excludes halogenated alkanes) is 3. The molecule has 168 valence electrons. The number of rotatable bonds is 10. The molecule has 2 aromatic carbocycles. The maximum Gasteiger partial charge on any atom is 0.133 e. The summed E-state index contributed by atoms with van der Waals surface area (Å²) in [4.78, 5) is 12.3. The predicted octanol–water partition coefficient (Wildman–Crippen LogP) is 7.99. The molecule has 0 aromatic heterocycles. The van der Waals surface area contributed by atoms with Crippen molar-refractivity contribution in [1.82, 2.24) is 0 Å². The minimum atomic E-state index is 0.118. The van der Waals surface area contributed by atoms with Crippen LogP contribution < -0.4 is 4.74 Å². The smallest absolute Gasteiger partial charge is 0.133 e. The van der Waals surface area contributed by atoms with Gasteiger partial charge >= 0.3 is 0 Å². The molecular formula is C29H40O2. The van der Waals surface area contributed by atoms with Crippen molar-refractivity contribution >= 4 is 5.78 Å². The van der Waals surface area contributed by atoms with E-state index >= 15 is 0 Å². The second kappa shape index (κ2) is 11.0. The Morgan fingerprint density at radius 1 is 1.00 bits per heavy atom. The Bertz CT molecular complexity index is 837. The number of hydrogen-bond donors (Lipinski definition) is 0. The molecule has 0 bridgehead atoms. The zero-order valence-corrected chi connectivity index (χ0v) is 20.0. The first-order valence-corrected chi connectivity index (χ1v) is 12.2. The highest BCUT2D eigenvalue weighted by molar-refractivity contribution is 5.80. The molecule has 1 fully saturated rings. The van der Waals surface area contributed by atoms with E-state index in [0.29, 0.717) is 24.7 Å². The van der Waals surface area contributed by atoms with Gasteiger partial charge in [0.05, 0.1) is 0 Å². The van der Waals surface area contributed by atoms with Gasteiger partial charge in [0.1, 0.15) is 18.1 Å². The normalized spacial score (nSPS) is 19.4. The van der Waals surface area contributed by atoms with E-state index in [1.54, 1.807) is 0 Å². The van der Waals surface area contributed by atoms with Crippen molar-refractivity contribution in [3.05, 3.63) is 65.2 Å². The van der Waals surface area contributed by atoms with Gasteiger partial charge in [-0.05, 0) is 52.8 Å². The molecule has 0 aliphatic heterocycles. The first-order valence-electron chi connectivity index (χ1n) is 12.2. The Balaban J connectivity index is 1.84. The van der Waals surface area contributed by atoms with Gasteiger partial charge in [0, 0.05) is 12.8 Å². The number of Topliss-reactive ketones (excluding diaryl/α,β-unsaturated/α-hetero) is 1. The van der Waals surface area contributed by atoms with E-state index in [2.05, 4.69) is 70.2 Å². The average molecular weight is 421 g/mol. The largest absolute Gasteiger partial charge is 0.489 e. The summed E-state index contributed by atoms with van der Waals surface area (Å²) in [5, 5.41) is 0. The van der Waals surface area contributed by atoms with Crippen molar-refractivity contribution in [3.8, 4) is 5.75 Å². The highest BCUT2D eigenvalue weighted by Crippen LogP contribution is 2.41. The molecule has 0 N–H and O–H groups in total. The van der Waals surface area contributed by atoms with Crippen molar-refractivity contribution in [3.63, 3.8) is 0 Å². The molecule has 0 saturated heterocycles. The number of ketones is 1. The Labute approximate surface area is 189 Å². The number of ether oxygens (including phenoxy) is 1. The van der Waals surface area contributed by atoms with Gasteiger partial charge in [-0.2, -0.15) is 0 Å². The standard InChI is InChI=1S/C29H40O2/c1-5-6-7-11-16-29(3,4)25-14-15-27(24-17-22(2)18-26(30)19-24)28(20-25)31-21-23-12-9-8-10-13-23/h8-10,12-15,20,22,24H,5-7,11,16-19,21H2,1-4H3. The fourth-order valence-corrected chi connectivity index (χ4v) is 4.93. The molecule has 2 aromatic rings. The molecule has 2 unspecified atom stereocenters. The molecule has 1 aliphatic carbocycles. The van der Waals surface area contributed by atoms with E-state index in [9.17, 15) is 4.79 Å². The topological polar surface area (TPSA) is 26.3 Å². The first kappa shape index (κ1) is 23.6. The van der Waals surface area contributed by atoms with Gasteiger partial charge in [-0.15, -0.1) is 0 Å². The molecule has 0 radical (unpaired) electrons. The van der Waals surface area contributed by atoms with Crippen molar-refractivity contribution in [2.75, 3.05) is 0 Å². The number of benzene rings is 2. The van der Waals surface area contributed by atoms with Crippen LogP contribution in [0.3, 0.4) is 0 Å². The zero-order chi connectivity index (χ0) is 22.3. The van der Waals surface area contributed by atoms with Crippen molar-refractivity contribution in [2.45, 2.75) is 97.0 Å². The van der Waals surface area contributed by atoms with Crippen molar-refractivity contribution < 1.29 is 9.53 Å². The molecule has 1 saturated carbocycles. The summed E-state index contributed by atoms with van der Waals surface area (Å²) in [5.41, 5.74) is 3.84. The Kier molecular flexibility index (Phi) is 8.35. The van der Waals surface area contributed by atoms with Crippen molar-refractivity contribution in [2.24, 2.45) is 5.92 Å². The summed E-state index contributed by atoms with van der Waals surface area (Å²) >= 11 is 0. The van der Waals surface area contributed by atoms with Gasteiger partial charge in [0.25, 0.3) is 0 Å². The van der Waals surface area contributed by atoms with Crippen LogP contribution in [0.2, 0.25) is 0 Å². The van der Waals surface area contributed by atoms with Gasteiger partial charge in [-0.25, -0.2) is 0 Å². The van der Waals surface area contributed by atoms with E-state index < -0.39 is 0 Å². The molecule has 0 spiro atoms. The second-order valence-electron chi connectivity index (χ2n) is 10.2. The van der Waals surface area contributed by atoms with Crippen LogP contribution in [-0.2, 0) is 16.8 Å². The lowest BCUT2D eigenvalue weighted by atomic mass is 9.75. The van der Waals surface area contributed by atoms with Crippen LogP contribution in [0.5, 0.6) is 5.75 Å². The summed E-state index contributed by atoms with van der Waals surface area (Å²) < 4.78 is 6.41. The lowest BCUT2D eigenvalue weighted by molar-refractivity contribution is -0.121. The maximum atomic E-state index is 12.3. The molecule has 2 heteroatoms. The SMILES string of the molecule is CCCCCCC(C)(C)c1ccc(C2CC(=O)CC(C)C2)c(OCc2ccccc2)c1. The molecule has 0 amide bonds. The van der Waals surface area contributed by atoms with Crippen molar-refractivity contribution in [1.29, 1.82) is 0 Å². The zero-order valence-electron chi connectivity index (χ0n) is 20.0. The van der Waals surface area contributed by atoms with Crippen LogP contribution in [0.1, 0.15) is 102 Å². The second-order valence-corrected chi connectivity index (χ2v) is 10.2. The number of carbonyl (C=O) groups is 1. The minimum absolute atomic E-state index is 0.118. The van der Waals surface area contributed by atoms with Crippen LogP contribution in [0.25, 0.3) is 0 Å². The molecule has 31 heavy (non-hydrogen) atoms. The molecule has 1 aliphatic rings. The summed E-state index contributed by atoms with van der Waals surface area (Å²) in [7, 11) is 0. The molecular weight excluding hydrogens is 380 g/mol. The third-order valence-corrected chi connectivity index (χ3v) is 6.86. The van der Waals surface area contributed by atoms with E-state index in [0.717, 1.165) is 18.6 Å². The third-order valence-electron chi connectivity index (χ3n) is 6.86. The molecule has 0 heterocycles. The Morgan fingerprint density at radius 3 is 2.48 bits per heavy atom. The van der Waals surface area contributed by atoms with Gasteiger partial charge in [-0.3, -0.25) is 4.79 Å². The summed E-state index contributed by atoms with van der Waals surface area (Å²) in [6, 6.07) is 17.1. The number of hydrogen-bond acceptors (Lipinski definition) is 2. The third kappa shape index (κ3) is 6.69. The van der Waals surface area contributed by atoms with Crippen LogP contribution >= 0.6 is 0 Å². The Morgan fingerprint density at radius 2 is 1.77 bits per heavy atom. The lowest BCUT2D eigenvalue weighted by Crippen LogP contribution is -2.21. The molecule has 2 nitrogen and oxygen atoms in total. The van der Waals surface area contributed by atoms with Gasteiger partial charge < -0.3 is 4.74 Å². The quantitative estimate of drug-likeness (QED) is 0.364. The summed E-state index contributed by atoms with van der Waals surface area (Å²) in [6.45, 7) is 9.71. The van der Waals surface area contributed by atoms with Crippen LogP contribution in [0.15, 0.2) is 48.5 Å². The van der Waals surface area contributed by atoms with E-state index in [1.165, 1.54) is 48.8 Å². The van der Waals surface area contributed by atoms with E-state index in [1.807, 2.05) is 6.07 Å². The van der Waals surface area contributed by atoms with Gasteiger partial charge in [0.2, 0.25) is 0 Å². The fraction of sp³-hybridized carbons (Fsp3) is 0.552. The summed E-state index contributed by atoms with van der Waals surface area (Å²) in [6.07, 6.45) is 8.76. The van der Waals surface area contributed by atoms with E-state index in [4.69, 9.17) is 4.74 Å². The van der Waals surface area contributed by atoms with Crippen LogP contribution in [-0.4, -0.2) is 5.78 Å². The highest BCUT2D eigenvalue weighted by Gasteiger charge is 2.29. The highest BCUT2D eigenvalue weighted by atomic mass is 16.5. The number of carbonyl (C=O) groups excluding carboxylic acids is 1. The minimum Gasteiger partial charge on any atom is -0.489 e. The molecule has 2 atom stereocenters. The maximum absolute atomic E-state index is 12.3. The first-order chi connectivity index (χ1) is 14.9. The monoisotopic (exact) mass is 420 g/mol. The van der Waals surface area contributed by atoms with Gasteiger partial charge in [0.15, 0.2) is 0 Å².